The highest BCUT2D eigenvalue weighted by atomic mass is 79.9. The van der Waals surface area contributed by atoms with Gasteiger partial charge in [-0.3, -0.25) is 4.57 Å². The van der Waals surface area contributed by atoms with Gasteiger partial charge in [0.2, 0.25) is 0 Å². The minimum atomic E-state index is -2.72. The Hall–Kier alpha value is -2.03. The maximum absolute atomic E-state index is 13.6. The van der Waals surface area contributed by atoms with Gasteiger partial charge in [0.05, 0.1) is 6.54 Å². The Morgan fingerprint density at radius 3 is 2.91 bits per heavy atom. The third-order valence-electron chi connectivity index (χ3n) is 3.12. The van der Waals surface area contributed by atoms with Crippen LogP contribution in [0.3, 0.4) is 0 Å². The van der Waals surface area contributed by atoms with E-state index in [9.17, 15) is 18.0 Å². The van der Waals surface area contributed by atoms with Gasteiger partial charge in [-0.2, -0.15) is 8.78 Å². The van der Waals surface area contributed by atoms with Crippen molar-refractivity contribution >= 4 is 22.0 Å². The Morgan fingerprint density at radius 2 is 2.22 bits per heavy atom. The van der Waals surface area contributed by atoms with Crippen LogP contribution in [0.2, 0.25) is 0 Å². The summed E-state index contributed by atoms with van der Waals surface area (Å²) in [7, 11) is 1.44. The zero-order valence-corrected chi connectivity index (χ0v) is 13.7. The molecule has 124 valence electrons. The molecule has 5 nitrogen and oxygen atoms in total. The SMILES string of the molecule is CN(Cc1nccn1C(F)F)C(=O)NCc1cc(Br)ccc1F. The summed E-state index contributed by atoms with van der Waals surface area (Å²) in [6, 6.07) is 3.87. The first-order valence-electron chi connectivity index (χ1n) is 6.61. The fourth-order valence-corrected chi connectivity index (χ4v) is 2.32. The number of amides is 2. The highest BCUT2D eigenvalue weighted by Crippen LogP contribution is 2.16. The van der Waals surface area contributed by atoms with Gasteiger partial charge in [-0.15, -0.1) is 0 Å². The lowest BCUT2D eigenvalue weighted by molar-refractivity contribution is 0.0651. The predicted molar refractivity (Wildman–Crippen MR) is 81.3 cm³/mol. The quantitative estimate of drug-likeness (QED) is 0.848. The first-order chi connectivity index (χ1) is 10.9. The Labute approximate surface area is 139 Å². The summed E-state index contributed by atoms with van der Waals surface area (Å²) in [6.07, 6.45) is 2.38. The van der Waals surface area contributed by atoms with E-state index in [1.807, 2.05) is 0 Å². The molecule has 0 spiro atoms. The normalized spacial score (nSPS) is 10.9. The second-order valence-corrected chi connectivity index (χ2v) is 5.69. The zero-order chi connectivity index (χ0) is 17.0. The second-order valence-electron chi connectivity index (χ2n) is 4.78. The van der Waals surface area contributed by atoms with Crippen LogP contribution in [-0.4, -0.2) is 27.5 Å². The molecule has 0 atom stereocenters. The highest BCUT2D eigenvalue weighted by molar-refractivity contribution is 9.10. The molecule has 0 saturated carbocycles. The lowest BCUT2D eigenvalue weighted by Gasteiger charge is -2.18. The summed E-state index contributed by atoms with van der Waals surface area (Å²) >= 11 is 3.22. The van der Waals surface area contributed by atoms with Gasteiger partial charge in [-0.05, 0) is 18.2 Å². The van der Waals surface area contributed by atoms with Crippen LogP contribution < -0.4 is 5.32 Å². The fourth-order valence-electron chi connectivity index (χ4n) is 1.91. The minimum Gasteiger partial charge on any atom is -0.334 e. The van der Waals surface area contributed by atoms with Gasteiger partial charge < -0.3 is 10.2 Å². The molecule has 0 radical (unpaired) electrons. The Morgan fingerprint density at radius 1 is 1.48 bits per heavy atom. The number of nitrogens with one attached hydrogen (secondary N) is 1. The van der Waals surface area contributed by atoms with Gasteiger partial charge in [0, 0.05) is 36.0 Å². The number of carbonyl (C=O) groups excluding carboxylic acids is 1. The van der Waals surface area contributed by atoms with Crippen molar-refractivity contribution in [3.63, 3.8) is 0 Å². The van der Waals surface area contributed by atoms with Crippen LogP contribution in [-0.2, 0) is 13.1 Å². The van der Waals surface area contributed by atoms with Crippen molar-refractivity contribution in [1.82, 2.24) is 19.8 Å². The Balaban J connectivity index is 1.95. The summed E-state index contributed by atoms with van der Waals surface area (Å²) < 4.78 is 40.4. The van der Waals surface area contributed by atoms with E-state index in [1.165, 1.54) is 24.2 Å². The van der Waals surface area contributed by atoms with Crippen LogP contribution in [0.25, 0.3) is 0 Å². The van der Waals surface area contributed by atoms with Gasteiger partial charge >= 0.3 is 12.6 Å². The molecule has 0 unspecified atom stereocenters. The largest absolute Gasteiger partial charge is 0.334 e. The molecule has 0 aliphatic heterocycles. The van der Waals surface area contributed by atoms with Gasteiger partial charge in [-0.25, -0.2) is 14.2 Å². The average Bonchev–Trinajstić information content (AvgIpc) is 2.96. The van der Waals surface area contributed by atoms with Crippen molar-refractivity contribution in [2.75, 3.05) is 7.05 Å². The van der Waals surface area contributed by atoms with E-state index in [1.54, 1.807) is 12.1 Å². The average molecular weight is 391 g/mol. The summed E-state index contributed by atoms with van der Waals surface area (Å²) in [6.45, 7) is -2.83. The number of halogens is 4. The number of urea groups is 1. The molecule has 2 aromatic rings. The third-order valence-corrected chi connectivity index (χ3v) is 3.62. The number of alkyl halides is 2. The summed E-state index contributed by atoms with van der Waals surface area (Å²) in [5.41, 5.74) is 0.315. The van der Waals surface area contributed by atoms with Crippen molar-refractivity contribution in [3.8, 4) is 0 Å². The lowest BCUT2D eigenvalue weighted by atomic mass is 10.2. The fraction of sp³-hybridized carbons (Fsp3) is 0.286. The first-order valence-corrected chi connectivity index (χ1v) is 7.40. The maximum atomic E-state index is 13.6. The number of imidazole rings is 1. The number of hydrogen-bond acceptors (Lipinski definition) is 2. The molecule has 9 heteroatoms. The van der Waals surface area contributed by atoms with Gasteiger partial charge in [-0.1, -0.05) is 15.9 Å². The van der Waals surface area contributed by atoms with Crippen molar-refractivity contribution in [1.29, 1.82) is 0 Å². The van der Waals surface area contributed by atoms with E-state index < -0.39 is 18.4 Å². The van der Waals surface area contributed by atoms with E-state index in [0.29, 0.717) is 14.6 Å². The molecule has 1 aromatic carbocycles. The number of hydrogen-bond donors (Lipinski definition) is 1. The van der Waals surface area contributed by atoms with E-state index in [2.05, 4.69) is 26.2 Å². The van der Waals surface area contributed by atoms with Crippen molar-refractivity contribution < 1.29 is 18.0 Å². The van der Waals surface area contributed by atoms with E-state index in [0.717, 1.165) is 6.20 Å². The van der Waals surface area contributed by atoms with Gasteiger partial charge in [0.25, 0.3) is 0 Å². The number of benzene rings is 1. The number of carbonyl (C=O) groups is 1. The van der Waals surface area contributed by atoms with E-state index >= 15 is 0 Å². The molecule has 23 heavy (non-hydrogen) atoms. The van der Waals surface area contributed by atoms with Crippen LogP contribution >= 0.6 is 15.9 Å². The Kier molecular flexibility index (Phi) is 5.64. The lowest BCUT2D eigenvalue weighted by Crippen LogP contribution is -2.37. The van der Waals surface area contributed by atoms with Crippen LogP contribution in [0, 0.1) is 5.82 Å². The minimum absolute atomic E-state index is 0.0161. The molecule has 1 heterocycles. The molecule has 0 fully saturated rings. The second kappa shape index (κ2) is 7.49. The number of rotatable bonds is 5. The molecule has 2 amide bonds. The monoisotopic (exact) mass is 390 g/mol. The molecular formula is C14H14BrF3N4O. The van der Waals surface area contributed by atoms with Crippen LogP contribution in [0.5, 0.6) is 0 Å². The third kappa shape index (κ3) is 4.47. The molecule has 0 saturated heterocycles. The van der Waals surface area contributed by atoms with Crippen LogP contribution in [0.1, 0.15) is 17.9 Å². The summed E-state index contributed by atoms with van der Waals surface area (Å²) in [5.74, 6) is -0.379. The van der Waals surface area contributed by atoms with E-state index in [-0.39, 0.29) is 18.9 Å². The molecule has 0 aliphatic rings. The standard InChI is InChI=1S/C14H14BrF3N4O/c1-21(8-12-19-4-5-22(12)13(17)18)14(23)20-7-9-6-10(15)2-3-11(9)16/h2-6,13H,7-8H2,1H3,(H,20,23). The number of aromatic nitrogens is 2. The summed E-state index contributed by atoms with van der Waals surface area (Å²) in [4.78, 5) is 17.0. The molecule has 0 aliphatic carbocycles. The number of nitrogens with zero attached hydrogens (tertiary/aromatic N) is 3. The van der Waals surface area contributed by atoms with Crippen LogP contribution in [0.15, 0.2) is 35.1 Å². The first kappa shape index (κ1) is 17.3. The predicted octanol–water partition coefficient (Wildman–Crippen LogP) is 3.52. The maximum Gasteiger partial charge on any atom is 0.319 e. The van der Waals surface area contributed by atoms with Gasteiger partial charge in [0.15, 0.2) is 0 Å². The zero-order valence-electron chi connectivity index (χ0n) is 12.1. The molecule has 1 aromatic heterocycles. The van der Waals surface area contributed by atoms with Crippen molar-refractivity contribution in [2.24, 2.45) is 0 Å². The molecule has 2 rings (SSSR count). The van der Waals surface area contributed by atoms with Crippen molar-refractivity contribution in [2.45, 2.75) is 19.6 Å². The van der Waals surface area contributed by atoms with Crippen LogP contribution in [0.4, 0.5) is 18.0 Å². The van der Waals surface area contributed by atoms with Crippen molar-refractivity contribution in [3.05, 3.63) is 52.3 Å². The summed E-state index contributed by atoms with van der Waals surface area (Å²) in [5, 5.41) is 2.53. The topological polar surface area (TPSA) is 50.2 Å². The smallest absolute Gasteiger partial charge is 0.319 e. The molecular weight excluding hydrogens is 377 g/mol. The molecule has 0 bridgehead atoms. The van der Waals surface area contributed by atoms with Gasteiger partial charge in [0.1, 0.15) is 11.6 Å². The Bertz CT molecular complexity index is 692. The molecule has 1 N–H and O–H groups in total. The van der Waals surface area contributed by atoms with E-state index in [4.69, 9.17) is 0 Å². The highest BCUT2D eigenvalue weighted by Gasteiger charge is 2.16.